The largest absolute Gasteiger partial charge is 0.385 e. The number of aliphatic imine (C=N–C) groups is 1. The van der Waals surface area contributed by atoms with Gasteiger partial charge < -0.3 is 25.2 Å². The van der Waals surface area contributed by atoms with Crippen molar-refractivity contribution in [3.8, 4) is 0 Å². The third-order valence-electron chi connectivity index (χ3n) is 6.14. The van der Waals surface area contributed by atoms with Crippen LogP contribution >= 0.6 is 0 Å². The Bertz CT molecular complexity index is 414. The zero-order valence-corrected chi connectivity index (χ0v) is 17.5. The molecule has 1 saturated heterocycles. The van der Waals surface area contributed by atoms with Crippen LogP contribution < -0.4 is 10.6 Å². The van der Waals surface area contributed by atoms with Gasteiger partial charge in [0, 0.05) is 66.6 Å². The quantitative estimate of drug-likeness (QED) is 0.479. The molecule has 0 amide bonds. The second kappa shape index (κ2) is 11.1. The van der Waals surface area contributed by atoms with E-state index in [1.807, 2.05) is 7.05 Å². The minimum Gasteiger partial charge on any atom is -0.385 e. The van der Waals surface area contributed by atoms with E-state index in [4.69, 9.17) is 4.74 Å². The van der Waals surface area contributed by atoms with Crippen molar-refractivity contribution in [3.63, 3.8) is 0 Å². The molecule has 0 bridgehead atoms. The third kappa shape index (κ3) is 7.05. The van der Waals surface area contributed by atoms with Crippen molar-refractivity contribution < 1.29 is 4.74 Å². The number of ether oxygens (including phenoxy) is 1. The Morgan fingerprint density at radius 3 is 2.46 bits per heavy atom. The number of hydrogen-bond donors (Lipinski definition) is 2. The summed E-state index contributed by atoms with van der Waals surface area (Å²) in [5, 5.41) is 7.12. The number of piperazine rings is 1. The molecule has 0 aromatic rings. The van der Waals surface area contributed by atoms with Gasteiger partial charge in [-0.15, -0.1) is 0 Å². The van der Waals surface area contributed by atoms with Crippen molar-refractivity contribution in [2.75, 3.05) is 73.6 Å². The summed E-state index contributed by atoms with van der Waals surface area (Å²) >= 11 is 0. The summed E-state index contributed by atoms with van der Waals surface area (Å²) in [5.74, 6) is 1.56. The Hall–Kier alpha value is -0.850. The molecule has 1 aliphatic heterocycles. The summed E-state index contributed by atoms with van der Waals surface area (Å²) in [7, 11) is 5.89. The molecule has 2 fully saturated rings. The van der Waals surface area contributed by atoms with E-state index in [-0.39, 0.29) is 0 Å². The van der Waals surface area contributed by atoms with Crippen LogP contribution in [0.5, 0.6) is 0 Å². The number of nitrogens with zero attached hydrogens (tertiary/aromatic N) is 3. The molecular formula is C20H41N5O. The molecule has 2 rings (SSSR count). The Morgan fingerprint density at radius 2 is 1.85 bits per heavy atom. The van der Waals surface area contributed by atoms with Gasteiger partial charge in [0.15, 0.2) is 5.96 Å². The molecule has 1 aliphatic carbocycles. The van der Waals surface area contributed by atoms with Crippen LogP contribution in [0.2, 0.25) is 0 Å². The van der Waals surface area contributed by atoms with Crippen LogP contribution in [0.25, 0.3) is 0 Å². The number of guanidine groups is 1. The maximum absolute atomic E-state index is 5.34. The first-order valence-corrected chi connectivity index (χ1v) is 10.4. The summed E-state index contributed by atoms with van der Waals surface area (Å²) in [5.41, 5.74) is 0.388. The van der Waals surface area contributed by atoms with Gasteiger partial charge >= 0.3 is 0 Å². The topological polar surface area (TPSA) is 52.1 Å². The molecule has 6 heteroatoms. The number of methoxy groups -OCH3 is 1. The van der Waals surface area contributed by atoms with E-state index in [0.29, 0.717) is 11.3 Å². The van der Waals surface area contributed by atoms with Crippen molar-refractivity contribution in [2.45, 2.75) is 39.0 Å². The maximum atomic E-state index is 5.34. The molecule has 2 aliphatic rings. The Kier molecular flexibility index (Phi) is 9.16. The van der Waals surface area contributed by atoms with E-state index in [9.17, 15) is 0 Å². The molecule has 26 heavy (non-hydrogen) atoms. The highest BCUT2D eigenvalue weighted by Crippen LogP contribution is 2.40. The number of likely N-dealkylation sites (N-methyl/N-ethyl adjacent to an activating group) is 1. The van der Waals surface area contributed by atoms with Gasteiger partial charge in [0.2, 0.25) is 0 Å². The first kappa shape index (κ1) is 21.5. The van der Waals surface area contributed by atoms with Gasteiger partial charge in [-0.25, -0.2) is 0 Å². The fourth-order valence-corrected chi connectivity index (χ4v) is 4.26. The van der Waals surface area contributed by atoms with Gasteiger partial charge in [-0.05, 0) is 37.6 Å². The van der Waals surface area contributed by atoms with Crippen LogP contribution in [0.15, 0.2) is 4.99 Å². The summed E-state index contributed by atoms with van der Waals surface area (Å²) < 4.78 is 5.34. The smallest absolute Gasteiger partial charge is 0.191 e. The van der Waals surface area contributed by atoms with E-state index in [1.54, 1.807) is 7.11 Å². The molecule has 1 unspecified atom stereocenters. The zero-order chi connectivity index (χ0) is 18.8. The zero-order valence-electron chi connectivity index (χ0n) is 17.5. The SMILES string of the molecule is CN=C(NCC(C)CN1CCN(C)CC1)NCC1(CCOC)CCCC1. The van der Waals surface area contributed by atoms with E-state index >= 15 is 0 Å². The van der Waals surface area contributed by atoms with Crippen molar-refractivity contribution in [2.24, 2.45) is 16.3 Å². The predicted molar refractivity (Wildman–Crippen MR) is 110 cm³/mol. The molecule has 0 aromatic carbocycles. The van der Waals surface area contributed by atoms with Gasteiger partial charge in [0.05, 0.1) is 0 Å². The molecule has 0 aromatic heterocycles. The highest BCUT2D eigenvalue weighted by Gasteiger charge is 2.33. The van der Waals surface area contributed by atoms with Crippen molar-refractivity contribution in [1.82, 2.24) is 20.4 Å². The fourth-order valence-electron chi connectivity index (χ4n) is 4.26. The molecule has 1 atom stereocenters. The average Bonchev–Trinajstić information content (AvgIpc) is 3.11. The van der Waals surface area contributed by atoms with E-state index in [2.05, 4.69) is 39.4 Å². The van der Waals surface area contributed by atoms with Crippen LogP contribution in [-0.2, 0) is 4.74 Å². The lowest BCUT2D eigenvalue weighted by molar-refractivity contribution is 0.137. The van der Waals surface area contributed by atoms with Gasteiger partial charge in [-0.3, -0.25) is 4.99 Å². The Morgan fingerprint density at radius 1 is 1.15 bits per heavy atom. The number of rotatable bonds is 9. The molecule has 6 nitrogen and oxygen atoms in total. The standard InChI is InChI=1S/C20H41N5O/c1-18(16-25-12-10-24(3)11-13-25)15-22-19(21-2)23-17-20(9-14-26-4)7-5-6-8-20/h18H,5-17H2,1-4H3,(H2,21,22,23). The van der Waals surface area contributed by atoms with Gasteiger partial charge in [0.1, 0.15) is 0 Å². The molecule has 2 N–H and O–H groups in total. The average molecular weight is 368 g/mol. The van der Waals surface area contributed by atoms with E-state index in [0.717, 1.165) is 38.6 Å². The maximum Gasteiger partial charge on any atom is 0.191 e. The molecule has 152 valence electrons. The van der Waals surface area contributed by atoms with E-state index in [1.165, 1.54) is 51.9 Å². The van der Waals surface area contributed by atoms with Crippen LogP contribution in [-0.4, -0.2) is 89.4 Å². The molecule has 0 spiro atoms. The lowest BCUT2D eigenvalue weighted by Gasteiger charge is -2.34. The highest BCUT2D eigenvalue weighted by molar-refractivity contribution is 5.79. The minimum atomic E-state index is 0.388. The van der Waals surface area contributed by atoms with Crippen LogP contribution in [0.1, 0.15) is 39.0 Å². The monoisotopic (exact) mass is 367 g/mol. The Balaban J connectivity index is 1.69. The second-order valence-corrected chi connectivity index (χ2v) is 8.47. The van der Waals surface area contributed by atoms with Crippen molar-refractivity contribution in [3.05, 3.63) is 0 Å². The minimum absolute atomic E-state index is 0.388. The first-order chi connectivity index (χ1) is 12.6. The van der Waals surface area contributed by atoms with Gasteiger partial charge in [-0.1, -0.05) is 19.8 Å². The van der Waals surface area contributed by atoms with Gasteiger partial charge in [-0.2, -0.15) is 0 Å². The van der Waals surface area contributed by atoms with Crippen LogP contribution in [0.3, 0.4) is 0 Å². The summed E-state index contributed by atoms with van der Waals surface area (Å²) in [6.07, 6.45) is 6.45. The Labute approximate surface area is 160 Å². The molecule has 1 heterocycles. The fraction of sp³-hybridized carbons (Fsp3) is 0.950. The summed E-state index contributed by atoms with van der Waals surface area (Å²) in [6, 6.07) is 0. The second-order valence-electron chi connectivity index (χ2n) is 8.47. The third-order valence-corrected chi connectivity index (χ3v) is 6.14. The molecular weight excluding hydrogens is 326 g/mol. The van der Waals surface area contributed by atoms with E-state index < -0.39 is 0 Å². The molecule has 1 saturated carbocycles. The number of nitrogens with one attached hydrogen (secondary N) is 2. The van der Waals surface area contributed by atoms with Crippen molar-refractivity contribution in [1.29, 1.82) is 0 Å². The van der Waals surface area contributed by atoms with Crippen LogP contribution in [0.4, 0.5) is 0 Å². The lowest BCUT2D eigenvalue weighted by Crippen LogP contribution is -2.48. The van der Waals surface area contributed by atoms with Gasteiger partial charge in [0.25, 0.3) is 0 Å². The normalized spacial score (nSPS) is 23.2. The van der Waals surface area contributed by atoms with Crippen LogP contribution in [0, 0.1) is 11.3 Å². The van der Waals surface area contributed by atoms with Crippen molar-refractivity contribution >= 4 is 5.96 Å². The predicted octanol–water partition coefficient (Wildman–Crippen LogP) is 1.63. The summed E-state index contributed by atoms with van der Waals surface area (Å²) in [6.45, 7) is 11.1. The summed E-state index contributed by atoms with van der Waals surface area (Å²) in [4.78, 5) is 9.43. The first-order valence-electron chi connectivity index (χ1n) is 10.4. The molecule has 0 radical (unpaired) electrons. The number of hydrogen-bond acceptors (Lipinski definition) is 4. The lowest BCUT2D eigenvalue weighted by atomic mass is 9.83. The highest BCUT2D eigenvalue weighted by atomic mass is 16.5.